The predicted molar refractivity (Wildman–Crippen MR) is 125 cm³/mol. The number of nitrogens with zero attached hydrogens (tertiary/aromatic N) is 3. The number of hydrogen-bond acceptors (Lipinski definition) is 5. The van der Waals surface area contributed by atoms with Crippen molar-refractivity contribution < 1.29 is 9.53 Å². The molecule has 0 radical (unpaired) electrons. The first kappa shape index (κ1) is 22.9. The molecular formula is C24H30N4O2S. The van der Waals surface area contributed by atoms with Crippen molar-refractivity contribution in [2.45, 2.75) is 51.2 Å². The fraction of sp³-hybridized carbons (Fsp3) is 0.375. The average molecular weight is 439 g/mol. The molecular weight excluding hydrogens is 408 g/mol. The van der Waals surface area contributed by atoms with Crippen molar-refractivity contribution in [2.24, 2.45) is 0 Å². The van der Waals surface area contributed by atoms with Crippen LogP contribution in [0.15, 0.2) is 53.7 Å². The van der Waals surface area contributed by atoms with Crippen LogP contribution in [0.2, 0.25) is 0 Å². The second-order valence-corrected chi connectivity index (χ2v) is 9.33. The zero-order valence-electron chi connectivity index (χ0n) is 18.8. The van der Waals surface area contributed by atoms with E-state index in [0.29, 0.717) is 11.4 Å². The van der Waals surface area contributed by atoms with E-state index < -0.39 is 0 Å². The Balaban J connectivity index is 1.83. The molecule has 0 aliphatic carbocycles. The second-order valence-electron chi connectivity index (χ2n) is 8.26. The van der Waals surface area contributed by atoms with E-state index >= 15 is 0 Å². The van der Waals surface area contributed by atoms with Gasteiger partial charge in [0.2, 0.25) is 0 Å². The summed E-state index contributed by atoms with van der Waals surface area (Å²) in [5, 5.41) is 12.5. The summed E-state index contributed by atoms with van der Waals surface area (Å²) in [5.41, 5.74) is 2.72. The average Bonchev–Trinajstić information content (AvgIpc) is 3.17. The second kappa shape index (κ2) is 10.0. The van der Waals surface area contributed by atoms with Crippen LogP contribution in [0.5, 0.6) is 5.75 Å². The molecule has 0 unspecified atom stereocenters. The number of carbonyl (C=O) groups excluding carboxylic acids is 1. The molecule has 2 aromatic carbocycles. The lowest BCUT2D eigenvalue weighted by molar-refractivity contribution is 0.0949. The third-order valence-corrected chi connectivity index (χ3v) is 6.02. The molecule has 0 saturated carbocycles. The normalized spacial score (nSPS) is 11.4. The van der Waals surface area contributed by atoms with Crippen molar-refractivity contribution in [3.8, 4) is 11.4 Å². The number of amides is 1. The largest absolute Gasteiger partial charge is 0.495 e. The van der Waals surface area contributed by atoms with Gasteiger partial charge in [-0.1, -0.05) is 63.7 Å². The monoisotopic (exact) mass is 438 g/mol. The summed E-state index contributed by atoms with van der Waals surface area (Å²) >= 11 is 1.64. The summed E-state index contributed by atoms with van der Waals surface area (Å²) in [5.74, 6) is 2.17. The number of rotatable bonds is 8. The highest BCUT2D eigenvalue weighted by Crippen LogP contribution is 2.29. The lowest BCUT2D eigenvalue weighted by Crippen LogP contribution is -2.25. The van der Waals surface area contributed by atoms with Crippen LogP contribution in [0.1, 0.15) is 55.9 Å². The molecule has 0 saturated heterocycles. The lowest BCUT2D eigenvalue weighted by Gasteiger charge is -2.19. The van der Waals surface area contributed by atoms with Gasteiger partial charge in [-0.2, -0.15) is 0 Å². The standard InChI is InChI=1S/C24H30N4O2S/c1-6-15-31-23-27-26-21(28(23)19-9-7-8-10-20(19)30-5)16-25-22(29)17-11-13-18(14-12-17)24(2,3)4/h7-14H,6,15-16H2,1-5H3,(H,25,29). The van der Waals surface area contributed by atoms with Crippen molar-refractivity contribution >= 4 is 17.7 Å². The van der Waals surface area contributed by atoms with Gasteiger partial charge in [-0.15, -0.1) is 10.2 Å². The minimum atomic E-state index is -0.141. The van der Waals surface area contributed by atoms with Crippen molar-refractivity contribution in [3.63, 3.8) is 0 Å². The topological polar surface area (TPSA) is 69.0 Å². The smallest absolute Gasteiger partial charge is 0.251 e. The summed E-state index contributed by atoms with van der Waals surface area (Å²) < 4.78 is 7.50. The molecule has 7 heteroatoms. The Morgan fingerprint density at radius 3 is 2.45 bits per heavy atom. The maximum atomic E-state index is 12.7. The van der Waals surface area contributed by atoms with E-state index in [1.165, 1.54) is 5.56 Å². The highest BCUT2D eigenvalue weighted by atomic mass is 32.2. The van der Waals surface area contributed by atoms with E-state index in [4.69, 9.17) is 4.74 Å². The molecule has 1 N–H and O–H groups in total. The summed E-state index contributed by atoms with van der Waals surface area (Å²) in [6, 6.07) is 15.5. The molecule has 1 heterocycles. The number of thioether (sulfide) groups is 1. The van der Waals surface area contributed by atoms with Crippen LogP contribution in [-0.4, -0.2) is 33.5 Å². The first-order valence-corrected chi connectivity index (χ1v) is 11.4. The summed E-state index contributed by atoms with van der Waals surface area (Å²) in [6.07, 6.45) is 1.03. The van der Waals surface area contributed by atoms with Crippen LogP contribution in [0.3, 0.4) is 0 Å². The number of ether oxygens (including phenoxy) is 1. The van der Waals surface area contributed by atoms with E-state index in [0.717, 1.165) is 28.8 Å². The van der Waals surface area contributed by atoms with E-state index in [1.54, 1.807) is 18.9 Å². The van der Waals surface area contributed by atoms with Gasteiger partial charge in [-0.25, -0.2) is 0 Å². The SMILES string of the molecule is CCCSc1nnc(CNC(=O)c2ccc(C(C)(C)C)cc2)n1-c1ccccc1OC. The lowest BCUT2D eigenvalue weighted by atomic mass is 9.87. The predicted octanol–water partition coefficient (Wildman–Crippen LogP) is 5.01. The maximum Gasteiger partial charge on any atom is 0.251 e. The van der Waals surface area contributed by atoms with E-state index in [-0.39, 0.29) is 17.9 Å². The Bertz CT molecular complexity index is 1020. The van der Waals surface area contributed by atoms with Crippen molar-refractivity contribution in [3.05, 3.63) is 65.5 Å². The van der Waals surface area contributed by atoms with E-state index in [9.17, 15) is 4.79 Å². The molecule has 1 amide bonds. The van der Waals surface area contributed by atoms with Crippen LogP contribution in [0.4, 0.5) is 0 Å². The van der Waals surface area contributed by atoms with E-state index in [1.807, 2.05) is 53.1 Å². The van der Waals surface area contributed by atoms with Crippen LogP contribution >= 0.6 is 11.8 Å². The highest BCUT2D eigenvalue weighted by Gasteiger charge is 2.19. The Kier molecular flexibility index (Phi) is 7.38. The summed E-state index contributed by atoms with van der Waals surface area (Å²) in [4.78, 5) is 12.7. The molecule has 0 bridgehead atoms. The maximum absolute atomic E-state index is 12.7. The number of nitrogens with one attached hydrogen (secondary N) is 1. The van der Waals surface area contributed by atoms with Gasteiger partial charge in [-0.05, 0) is 41.7 Å². The summed E-state index contributed by atoms with van der Waals surface area (Å²) in [7, 11) is 1.64. The van der Waals surface area contributed by atoms with Crippen LogP contribution in [0, 0.1) is 0 Å². The van der Waals surface area contributed by atoms with Crippen LogP contribution < -0.4 is 10.1 Å². The fourth-order valence-corrected chi connectivity index (χ4v) is 3.96. The molecule has 31 heavy (non-hydrogen) atoms. The molecule has 6 nitrogen and oxygen atoms in total. The zero-order valence-corrected chi connectivity index (χ0v) is 19.6. The van der Waals surface area contributed by atoms with Gasteiger partial charge < -0.3 is 10.1 Å². The number of carbonyl (C=O) groups is 1. The van der Waals surface area contributed by atoms with Crippen LogP contribution in [-0.2, 0) is 12.0 Å². The molecule has 3 aromatic rings. The number of hydrogen-bond donors (Lipinski definition) is 1. The van der Waals surface area contributed by atoms with Crippen molar-refractivity contribution in [1.82, 2.24) is 20.1 Å². The number of aromatic nitrogens is 3. The minimum Gasteiger partial charge on any atom is -0.495 e. The quantitative estimate of drug-likeness (QED) is 0.501. The van der Waals surface area contributed by atoms with E-state index in [2.05, 4.69) is 43.2 Å². The van der Waals surface area contributed by atoms with Gasteiger partial charge in [-0.3, -0.25) is 9.36 Å². The molecule has 0 fully saturated rings. The zero-order chi connectivity index (χ0) is 22.4. The molecule has 164 valence electrons. The Labute approximate surface area is 188 Å². The Morgan fingerprint density at radius 2 is 1.81 bits per heavy atom. The van der Waals surface area contributed by atoms with Gasteiger partial charge >= 0.3 is 0 Å². The van der Waals surface area contributed by atoms with Gasteiger partial charge in [0.25, 0.3) is 5.91 Å². The summed E-state index contributed by atoms with van der Waals surface area (Å²) in [6.45, 7) is 8.85. The van der Waals surface area contributed by atoms with Crippen molar-refractivity contribution in [2.75, 3.05) is 12.9 Å². The highest BCUT2D eigenvalue weighted by molar-refractivity contribution is 7.99. The minimum absolute atomic E-state index is 0.0483. The van der Waals surface area contributed by atoms with Gasteiger partial charge in [0.05, 0.1) is 19.3 Å². The molecule has 3 rings (SSSR count). The first-order valence-electron chi connectivity index (χ1n) is 10.4. The molecule has 0 aliphatic heterocycles. The molecule has 0 atom stereocenters. The first-order chi connectivity index (χ1) is 14.8. The third-order valence-electron chi connectivity index (χ3n) is 4.88. The van der Waals surface area contributed by atoms with Gasteiger partial charge in [0.15, 0.2) is 11.0 Å². The number of methoxy groups -OCH3 is 1. The van der Waals surface area contributed by atoms with Gasteiger partial charge in [0.1, 0.15) is 5.75 Å². The molecule has 1 aromatic heterocycles. The molecule has 0 aliphatic rings. The fourth-order valence-electron chi connectivity index (χ4n) is 3.14. The third kappa shape index (κ3) is 5.47. The number of para-hydroxylation sites is 2. The van der Waals surface area contributed by atoms with Crippen molar-refractivity contribution in [1.29, 1.82) is 0 Å². The number of benzene rings is 2. The Hall–Kier alpha value is -2.80. The van der Waals surface area contributed by atoms with Crippen LogP contribution in [0.25, 0.3) is 5.69 Å². The molecule has 0 spiro atoms. The Morgan fingerprint density at radius 1 is 1.10 bits per heavy atom. The van der Waals surface area contributed by atoms with Gasteiger partial charge in [0, 0.05) is 11.3 Å².